The van der Waals surface area contributed by atoms with Gasteiger partial charge in [0.15, 0.2) is 0 Å². The van der Waals surface area contributed by atoms with Crippen LogP contribution >= 0.6 is 12.6 Å². The third kappa shape index (κ3) is 12.7. The van der Waals surface area contributed by atoms with E-state index < -0.39 is 0 Å². The van der Waals surface area contributed by atoms with E-state index in [2.05, 4.69) is 55.4 Å². The van der Waals surface area contributed by atoms with Gasteiger partial charge in [0.2, 0.25) is 17.8 Å². The highest BCUT2D eigenvalue weighted by atomic mass is 32.1. The van der Waals surface area contributed by atoms with Crippen LogP contribution in [0.3, 0.4) is 0 Å². The number of aromatic nitrogens is 3. The summed E-state index contributed by atoms with van der Waals surface area (Å²) >= 11 is 4.27. The molecular formula is C24H49N7S. The third-order valence-corrected chi connectivity index (χ3v) is 5.96. The van der Waals surface area contributed by atoms with Gasteiger partial charge in [-0.05, 0) is 6.42 Å². The summed E-state index contributed by atoms with van der Waals surface area (Å²) < 4.78 is 0. The van der Waals surface area contributed by atoms with E-state index in [1.165, 1.54) is 70.6 Å². The third-order valence-electron chi connectivity index (χ3n) is 5.73. The molecule has 3 N–H and O–H groups in total. The number of hydrogen-bond donors (Lipinski definition) is 4. The number of nitrogens with one attached hydrogen (secondary N) is 3. The quantitative estimate of drug-likeness (QED) is 0.171. The normalized spacial score (nSPS) is 13.6. The lowest BCUT2D eigenvalue weighted by molar-refractivity contribution is 0.546. The van der Waals surface area contributed by atoms with Crippen LogP contribution in [0.1, 0.15) is 91.4 Å². The maximum atomic E-state index is 4.67. The second kappa shape index (κ2) is 19.2. The van der Waals surface area contributed by atoms with Crippen molar-refractivity contribution in [2.75, 3.05) is 60.6 Å². The minimum Gasteiger partial charge on any atom is -0.354 e. The highest BCUT2D eigenvalue weighted by molar-refractivity contribution is 7.80. The Balaban J connectivity index is 0.00000512. The van der Waals surface area contributed by atoms with Gasteiger partial charge in [0.05, 0.1) is 0 Å². The topological polar surface area (TPSA) is 78.0 Å². The van der Waals surface area contributed by atoms with Crippen molar-refractivity contribution in [1.29, 1.82) is 0 Å². The molecule has 2 heterocycles. The van der Waals surface area contributed by atoms with E-state index in [9.17, 15) is 0 Å². The average molecular weight is 468 g/mol. The maximum absolute atomic E-state index is 4.67. The molecule has 0 spiro atoms. The van der Waals surface area contributed by atoms with Crippen molar-refractivity contribution in [3.05, 3.63) is 0 Å². The molecule has 0 saturated carbocycles. The molecule has 1 aliphatic rings. The number of rotatable bonds is 18. The van der Waals surface area contributed by atoms with Crippen LogP contribution in [0.2, 0.25) is 0 Å². The molecule has 0 aromatic carbocycles. The fourth-order valence-corrected chi connectivity index (χ4v) is 3.97. The molecule has 1 fully saturated rings. The van der Waals surface area contributed by atoms with Crippen LogP contribution in [0.25, 0.3) is 0 Å². The summed E-state index contributed by atoms with van der Waals surface area (Å²) in [5, 5.41) is 10.0. The van der Waals surface area contributed by atoms with Crippen LogP contribution < -0.4 is 20.9 Å². The highest BCUT2D eigenvalue weighted by Gasteiger charge is 2.15. The SMILES string of the molecule is C.CCCCCCCCCCCCCCNc1nc(NCCS)nc(N2CCNCC2)n1. The zero-order valence-corrected chi connectivity index (χ0v) is 20.6. The summed E-state index contributed by atoms with van der Waals surface area (Å²) in [6.45, 7) is 7.71. The summed E-state index contributed by atoms with van der Waals surface area (Å²) in [5.41, 5.74) is 0. The number of nitrogens with zero attached hydrogens (tertiary/aromatic N) is 4. The van der Waals surface area contributed by atoms with Gasteiger partial charge in [-0.25, -0.2) is 0 Å². The maximum Gasteiger partial charge on any atom is 0.232 e. The zero-order chi connectivity index (χ0) is 22.0. The van der Waals surface area contributed by atoms with Crippen LogP contribution in [0.4, 0.5) is 17.8 Å². The Morgan fingerprint density at radius 1 is 0.750 bits per heavy atom. The van der Waals surface area contributed by atoms with Crippen LogP contribution in [0.5, 0.6) is 0 Å². The van der Waals surface area contributed by atoms with E-state index in [1.807, 2.05) is 0 Å². The monoisotopic (exact) mass is 467 g/mol. The van der Waals surface area contributed by atoms with Crippen molar-refractivity contribution < 1.29 is 0 Å². The number of thiol groups is 1. The van der Waals surface area contributed by atoms with Gasteiger partial charge in [0.1, 0.15) is 0 Å². The fourth-order valence-electron chi connectivity index (χ4n) is 3.86. The minimum absolute atomic E-state index is 0. The Kier molecular flexibility index (Phi) is 17.3. The lowest BCUT2D eigenvalue weighted by Gasteiger charge is -2.27. The predicted molar refractivity (Wildman–Crippen MR) is 144 cm³/mol. The molecule has 0 atom stereocenters. The molecule has 0 amide bonds. The molecule has 0 bridgehead atoms. The van der Waals surface area contributed by atoms with E-state index in [4.69, 9.17) is 0 Å². The molecule has 1 aliphatic heterocycles. The molecule has 0 aliphatic carbocycles. The van der Waals surface area contributed by atoms with Gasteiger partial charge in [0, 0.05) is 45.0 Å². The molecule has 186 valence electrons. The summed E-state index contributed by atoms with van der Waals surface area (Å²) in [7, 11) is 0. The number of unbranched alkanes of at least 4 members (excludes halogenated alkanes) is 11. The predicted octanol–water partition coefficient (Wildman–Crippen LogP) is 5.37. The summed E-state index contributed by atoms with van der Waals surface area (Å²) in [5.74, 6) is 2.81. The van der Waals surface area contributed by atoms with Crippen molar-refractivity contribution in [1.82, 2.24) is 20.3 Å². The molecule has 2 rings (SSSR count). The van der Waals surface area contributed by atoms with E-state index in [-0.39, 0.29) is 7.43 Å². The van der Waals surface area contributed by atoms with E-state index in [1.54, 1.807) is 0 Å². The number of hydrogen-bond acceptors (Lipinski definition) is 8. The first kappa shape index (κ1) is 28.8. The lowest BCUT2D eigenvalue weighted by Crippen LogP contribution is -2.44. The Morgan fingerprint density at radius 2 is 1.25 bits per heavy atom. The summed E-state index contributed by atoms with van der Waals surface area (Å²) in [6.07, 6.45) is 16.4. The average Bonchev–Trinajstić information content (AvgIpc) is 2.81. The highest BCUT2D eigenvalue weighted by Crippen LogP contribution is 2.15. The Morgan fingerprint density at radius 3 is 1.78 bits per heavy atom. The van der Waals surface area contributed by atoms with Gasteiger partial charge in [-0.2, -0.15) is 27.6 Å². The van der Waals surface area contributed by atoms with Crippen molar-refractivity contribution in [2.45, 2.75) is 91.4 Å². The molecule has 1 aromatic rings. The molecule has 8 heteroatoms. The van der Waals surface area contributed by atoms with E-state index >= 15 is 0 Å². The van der Waals surface area contributed by atoms with E-state index in [0.717, 1.165) is 57.4 Å². The van der Waals surface area contributed by atoms with Crippen molar-refractivity contribution >= 4 is 30.5 Å². The second-order valence-corrected chi connectivity index (χ2v) is 8.93. The van der Waals surface area contributed by atoms with Crippen LogP contribution in [-0.4, -0.2) is 60.0 Å². The number of piperazine rings is 1. The van der Waals surface area contributed by atoms with Crippen LogP contribution in [0.15, 0.2) is 0 Å². The molecular weight excluding hydrogens is 418 g/mol. The van der Waals surface area contributed by atoms with Crippen molar-refractivity contribution in [2.24, 2.45) is 0 Å². The summed E-state index contributed by atoms with van der Waals surface area (Å²) in [6, 6.07) is 0. The van der Waals surface area contributed by atoms with Crippen molar-refractivity contribution in [3.63, 3.8) is 0 Å². The molecule has 1 saturated heterocycles. The lowest BCUT2D eigenvalue weighted by atomic mass is 10.1. The molecule has 0 unspecified atom stereocenters. The first-order valence-electron chi connectivity index (χ1n) is 12.6. The van der Waals surface area contributed by atoms with Crippen molar-refractivity contribution in [3.8, 4) is 0 Å². The van der Waals surface area contributed by atoms with Crippen LogP contribution in [-0.2, 0) is 0 Å². The second-order valence-electron chi connectivity index (χ2n) is 8.49. The first-order valence-corrected chi connectivity index (χ1v) is 13.3. The largest absolute Gasteiger partial charge is 0.354 e. The van der Waals surface area contributed by atoms with Gasteiger partial charge in [-0.15, -0.1) is 0 Å². The van der Waals surface area contributed by atoms with Gasteiger partial charge < -0.3 is 20.9 Å². The number of anilines is 3. The Bertz CT molecular complexity index is 567. The first-order chi connectivity index (χ1) is 15.3. The zero-order valence-electron chi connectivity index (χ0n) is 19.7. The Labute approximate surface area is 202 Å². The Hall–Kier alpha value is -1.28. The van der Waals surface area contributed by atoms with Gasteiger partial charge >= 0.3 is 0 Å². The molecule has 0 radical (unpaired) electrons. The van der Waals surface area contributed by atoms with Gasteiger partial charge in [-0.3, -0.25) is 0 Å². The molecule has 32 heavy (non-hydrogen) atoms. The van der Waals surface area contributed by atoms with Crippen LogP contribution in [0, 0.1) is 0 Å². The standard InChI is InChI=1S/C23H45N7S.CH4/c1-2-3-4-5-6-7-8-9-10-11-12-13-14-25-21-27-22(26-17-20-31)29-23(28-21)30-18-15-24-16-19-30;/h24,31H,2-20H2,1H3,(H2,25,26,27,28,29);1H4. The minimum atomic E-state index is 0. The molecule has 7 nitrogen and oxygen atoms in total. The van der Waals surface area contributed by atoms with Gasteiger partial charge in [-0.1, -0.05) is 85.0 Å². The smallest absolute Gasteiger partial charge is 0.232 e. The van der Waals surface area contributed by atoms with Gasteiger partial charge in [0.25, 0.3) is 0 Å². The van der Waals surface area contributed by atoms with E-state index in [0.29, 0.717) is 11.9 Å². The fraction of sp³-hybridized carbons (Fsp3) is 0.875. The molecule has 1 aromatic heterocycles. The summed E-state index contributed by atoms with van der Waals surface area (Å²) in [4.78, 5) is 16.0.